The van der Waals surface area contributed by atoms with E-state index in [0.29, 0.717) is 12.4 Å². The number of para-hydroxylation sites is 1. The number of amides is 3. The fraction of sp³-hybridized carbons (Fsp3) is 0.200. The largest absolute Gasteiger partial charge is 0.493 e. The maximum Gasteiger partial charge on any atom is 0.329 e. The molecule has 0 unspecified atom stereocenters. The van der Waals surface area contributed by atoms with Crippen molar-refractivity contribution in [3.05, 3.63) is 70.9 Å². The lowest BCUT2D eigenvalue weighted by Crippen LogP contribution is -2.30. The third kappa shape index (κ3) is 3.71. The molecular weight excluding hydrogens is 316 g/mol. The zero-order valence-corrected chi connectivity index (χ0v) is 14.3. The number of imide groups is 1. The number of nitrogens with zero attached hydrogens (tertiary/aromatic N) is 1. The molecule has 1 aliphatic heterocycles. The highest BCUT2D eigenvalue weighted by Gasteiger charge is 2.33. The number of aryl methyl sites for hydroxylation is 1. The molecule has 0 atom stereocenters. The molecule has 1 N–H and O–H groups in total. The molecular formula is C20H20N2O3. The van der Waals surface area contributed by atoms with Gasteiger partial charge in [0.05, 0.1) is 13.2 Å². The fourth-order valence-electron chi connectivity index (χ4n) is 2.63. The summed E-state index contributed by atoms with van der Waals surface area (Å²) in [5, 5.41) is 2.65. The van der Waals surface area contributed by atoms with E-state index in [1.54, 1.807) is 6.08 Å². The molecule has 0 spiro atoms. The summed E-state index contributed by atoms with van der Waals surface area (Å²) in [6.07, 6.45) is 1.65. The highest BCUT2D eigenvalue weighted by Crippen LogP contribution is 2.23. The van der Waals surface area contributed by atoms with Gasteiger partial charge in [-0.05, 0) is 31.6 Å². The number of urea groups is 1. The Morgan fingerprint density at radius 1 is 1.08 bits per heavy atom. The number of hydrogen-bond acceptors (Lipinski definition) is 3. The lowest BCUT2D eigenvalue weighted by molar-refractivity contribution is -0.123. The number of carbonyl (C=O) groups is 2. The van der Waals surface area contributed by atoms with E-state index >= 15 is 0 Å². The minimum absolute atomic E-state index is 0.245. The standard InChI is InChI=1S/C20H20N2O3/c1-3-25-18-7-5-4-6-16(18)12-17-19(23)22(20(24)21-17)13-15-10-8-14(2)9-11-15/h4-12H,3,13H2,1-2H3,(H,21,24)/b17-12-. The first kappa shape index (κ1) is 16.8. The van der Waals surface area contributed by atoms with Crippen molar-refractivity contribution in [1.82, 2.24) is 10.2 Å². The minimum atomic E-state index is -0.411. The highest BCUT2D eigenvalue weighted by molar-refractivity contribution is 6.14. The first-order valence-electron chi connectivity index (χ1n) is 8.20. The summed E-state index contributed by atoms with van der Waals surface area (Å²) in [6, 6.07) is 14.8. The van der Waals surface area contributed by atoms with E-state index in [-0.39, 0.29) is 18.1 Å². The molecule has 5 nitrogen and oxygen atoms in total. The molecule has 5 heteroatoms. The summed E-state index contributed by atoms with van der Waals surface area (Å²) in [5.74, 6) is 0.341. The minimum Gasteiger partial charge on any atom is -0.493 e. The summed E-state index contributed by atoms with van der Waals surface area (Å²) in [4.78, 5) is 26.0. The van der Waals surface area contributed by atoms with E-state index in [1.165, 1.54) is 4.90 Å². The molecule has 0 aromatic heterocycles. The van der Waals surface area contributed by atoms with Crippen molar-refractivity contribution in [3.63, 3.8) is 0 Å². The zero-order chi connectivity index (χ0) is 17.8. The van der Waals surface area contributed by atoms with Gasteiger partial charge >= 0.3 is 6.03 Å². The van der Waals surface area contributed by atoms with Crippen molar-refractivity contribution in [2.24, 2.45) is 0 Å². The summed E-state index contributed by atoms with van der Waals surface area (Å²) in [5.41, 5.74) is 3.05. The molecule has 0 aliphatic carbocycles. The van der Waals surface area contributed by atoms with Crippen LogP contribution in [0.25, 0.3) is 6.08 Å². The van der Waals surface area contributed by atoms with Crippen molar-refractivity contribution >= 4 is 18.0 Å². The van der Waals surface area contributed by atoms with Crippen LogP contribution in [0.5, 0.6) is 5.75 Å². The Balaban J connectivity index is 1.82. The maximum absolute atomic E-state index is 12.6. The number of nitrogens with one attached hydrogen (secondary N) is 1. The molecule has 1 saturated heterocycles. The quantitative estimate of drug-likeness (QED) is 0.672. The van der Waals surface area contributed by atoms with Crippen LogP contribution in [0.15, 0.2) is 54.2 Å². The Morgan fingerprint density at radius 2 is 1.80 bits per heavy atom. The monoisotopic (exact) mass is 336 g/mol. The summed E-state index contributed by atoms with van der Waals surface area (Å²) < 4.78 is 5.56. The van der Waals surface area contributed by atoms with E-state index in [0.717, 1.165) is 16.7 Å². The van der Waals surface area contributed by atoms with Crippen LogP contribution in [0.3, 0.4) is 0 Å². The van der Waals surface area contributed by atoms with Gasteiger partial charge < -0.3 is 10.1 Å². The molecule has 25 heavy (non-hydrogen) atoms. The summed E-state index contributed by atoms with van der Waals surface area (Å²) >= 11 is 0. The van der Waals surface area contributed by atoms with E-state index < -0.39 is 6.03 Å². The molecule has 0 saturated carbocycles. The number of benzene rings is 2. The predicted molar refractivity (Wildman–Crippen MR) is 95.8 cm³/mol. The van der Waals surface area contributed by atoms with Crippen LogP contribution < -0.4 is 10.1 Å². The third-order valence-corrected chi connectivity index (χ3v) is 3.94. The molecule has 1 fully saturated rings. The second-order valence-corrected chi connectivity index (χ2v) is 5.84. The molecule has 3 amide bonds. The number of rotatable bonds is 5. The molecule has 0 radical (unpaired) electrons. The number of carbonyl (C=O) groups excluding carboxylic acids is 2. The Labute approximate surface area is 146 Å². The van der Waals surface area contributed by atoms with Crippen molar-refractivity contribution in [2.45, 2.75) is 20.4 Å². The van der Waals surface area contributed by atoms with Crippen molar-refractivity contribution in [1.29, 1.82) is 0 Å². The molecule has 2 aromatic carbocycles. The van der Waals surface area contributed by atoms with Crippen molar-refractivity contribution in [3.8, 4) is 5.75 Å². The lowest BCUT2D eigenvalue weighted by Gasteiger charge is -2.12. The Kier molecular flexibility index (Phi) is 4.84. The Morgan fingerprint density at radius 3 is 2.52 bits per heavy atom. The second-order valence-electron chi connectivity index (χ2n) is 5.84. The highest BCUT2D eigenvalue weighted by atomic mass is 16.5. The summed E-state index contributed by atoms with van der Waals surface area (Å²) in [6.45, 7) is 4.67. The topological polar surface area (TPSA) is 58.6 Å². The molecule has 128 valence electrons. The molecule has 1 heterocycles. The van der Waals surface area contributed by atoms with Gasteiger partial charge in [-0.25, -0.2) is 4.79 Å². The predicted octanol–water partition coefficient (Wildman–Crippen LogP) is 3.49. The van der Waals surface area contributed by atoms with Gasteiger partial charge in [-0.3, -0.25) is 9.69 Å². The molecule has 2 aromatic rings. The van der Waals surface area contributed by atoms with Crippen LogP contribution in [0.1, 0.15) is 23.6 Å². The van der Waals surface area contributed by atoms with E-state index in [4.69, 9.17) is 4.74 Å². The first-order chi connectivity index (χ1) is 12.1. The van der Waals surface area contributed by atoms with E-state index in [1.807, 2.05) is 62.4 Å². The average molecular weight is 336 g/mol. The second kappa shape index (κ2) is 7.21. The summed E-state index contributed by atoms with van der Waals surface area (Å²) in [7, 11) is 0. The van der Waals surface area contributed by atoms with Gasteiger partial charge in [0, 0.05) is 5.56 Å². The lowest BCUT2D eigenvalue weighted by atomic mass is 10.1. The van der Waals surface area contributed by atoms with Crippen molar-refractivity contribution in [2.75, 3.05) is 6.61 Å². The van der Waals surface area contributed by atoms with Crippen LogP contribution in [0, 0.1) is 6.92 Å². The van der Waals surface area contributed by atoms with Gasteiger partial charge in [-0.2, -0.15) is 0 Å². The normalized spacial score (nSPS) is 15.6. The van der Waals surface area contributed by atoms with Crippen LogP contribution >= 0.6 is 0 Å². The van der Waals surface area contributed by atoms with Crippen LogP contribution in [0.2, 0.25) is 0 Å². The van der Waals surface area contributed by atoms with Gasteiger partial charge in [-0.15, -0.1) is 0 Å². The smallest absolute Gasteiger partial charge is 0.329 e. The third-order valence-electron chi connectivity index (χ3n) is 3.94. The average Bonchev–Trinajstić information content (AvgIpc) is 2.86. The molecule has 3 rings (SSSR count). The van der Waals surface area contributed by atoms with Gasteiger partial charge in [0.1, 0.15) is 11.4 Å². The van der Waals surface area contributed by atoms with Gasteiger partial charge in [-0.1, -0.05) is 48.0 Å². The van der Waals surface area contributed by atoms with Crippen LogP contribution in [0.4, 0.5) is 4.79 Å². The number of ether oxygens (including phenoxy) is 1. The molecule has 0 bridgehead atoms. The maximum atomic E-state index is 12.6. The van der Waals surface area contributed by atoms with Crippen LogP contribution in [-0.2, 0) is 11.3 Å². The SMILES string of the molecule is CCOc1ccccc1/C=C1\NC(=O)N(Cc2ccc(C)cc2)C1=O. The van der Waals surface area contributed by atoms with Crippen molar-refractivity contribution < 1.29 is 14.3 Å². The first-order valence-corrected chi connectivity index (χ1v) is 8.20. The Hall–Kier alpha value is -3.08. The molecule has 1 aliphatic rings. The van der Waals surface area contributed by atoms with Crippen LogP contribution in [-0.4, -0.2) is 23.4 Å². The zero-order valence-electron chi connectivity index (χ0n) is 14.3. The van der Waals surface area contributed by atoms with E-state index in [2.05, 4.69) is 5.32 Å². The van der Waals surface area contributed by atoms with Gasteiger partial charge in [0.2, 0.25) is 0 Å². The van der Waals surface area contributed by atoms with Gasteiger partial charge in [0.15, 0.2) is 0 Å². The van der Waals surface area contributed by atoms with Gasteiger partial charge in [0.25, 0.3) is 5.91 Å². The van der Waals surface area contributed by atoms with E-state index in [9.17, 15) is 9.59 Å². The fourth-order valence-corrected chi connectivity index (χ4v) is 2.63. The number of hydrogen-bond donors (Lipinski definition) is 1. The Bertz CT molecular complexity index is 825.